The number of hydrogen-bond acceptors (Lipinski definition) is 3. The average Bonchev–Trinajstić information content (AvgIpc) is 3.17. The Bertz CT molecular complexity index is 722. The molecule has 0 radical (unpaired) electrons. The molecule has 1 aliphatic rings. The zero-order valence-electron chi connectivity index (χ0n) is 14.2. The van der Waals surface area contributed by atoms with Crippen LogP contribution in [0.4, 0.5) is 0 Å². The number of carbonyl (C=O) groups excluding carboxylic acids is 2. The summed E-state index contributed by atoms with van der Waals surface area (Å²) < 4.78 is 0. The van der Waals surface area contributed by atoms with Crippen LogP contribution in [0.1, 0.15) is 28.1 Å². The van der Waals surface area contributed by atoms with Crippen molar-refractivity contribution in [2.75, 3.05) is 20.1 Å². The lowest BCUT2D eigenvalue weighted by Crippen LogP contribution is -2.43. The van der Waals surface area contributed by atoms with E-state index in [1.54, 1.807) is 4.90 Å². The monoisotopic (exact) mass is 376 g/mol. The van der Waals surface area contributed by atoms with Gasteiger partial charge in [0.25, 0.3) is 5.91 Å². The van der Waals surface area contributed by atoms with Gasteiger partial charge in [-0.25, -0.2) is 0 Å². The van der Waals surface area contributed by atoms with Crippen LogP contribution in [0.15, 0.2) is 41.8 Å². The first-order chi connectivity index (χ1) is 12.0. The van der Waals surface area contributed by atoms with Gasteiger partial charge in [-0.2, -0.15) is 0 Å². The number of rotatable bonds is 4. The molecule has 4 nitrogen and oxygen atoms in total. The summed E-state index contributed by atoms with van der Waals surface area (Å²) in [6.07, 6.45) is 1.45. The molecule has 0 bridgehead atoms. The number of likely N-dealkylation sites (tertiary alicyclic amines) is 1. The van der Waals surface area contributed by atoms with E-state index in [9.17, 15) is 9.59 Å². The Morgan fingerprint density at radius 3 is 2.48 bits per heavy atom. The highest BCUT2D eigenvalue weighted by atomic mass is 35.5. The first-order valence-electron chi connectivity index (χ1n) is 8.37. The molecule has 1 fully saturated rings. The van der Waals surface area contributed by atoms with Crippen molar-refractivity contribution in [1.29, 1.82) is 0 Å². The third kappa shape index (κ3) is 4.41. The standard InChI is InChI=1S/C19H21ClN2O2S/c1-21(13-14-4-6-16(20)7-5-14)18(23)15-8-10-22(11-9-15)19(24)17-3-2-12-25-17/h2-7,12,15H,8-11,13H2,1H3. The highest BCUT2D eigenvalue weighted by Crippen LogP contribution is 2.23. The number of carbonyl (C=O) groups is 2. The largest absolute Gasteiger partial charge is 0.341 e. The van der Waals surface area contributed by atoms with Crippen LogP contribution < -0.4 is 0 Å². The maximum atomic E-state index is 12.7. The molecule has 132 valence electrons. The van der Waals surface area contributed by atoms with Crippen molar-refractivity contribution in [3.05, 3.63) is 57.2 Å². The first kappa shape index (κ1) is 18.0. The van der Waals surface area contributed by atoms with Gasteiger partial charge in [0, 0.05) is 37.6 Å². The molecule has 3 rings (SSSR count). The Balaban J connectivity index is 1.52. The normalized spacial score (nSPS) is 15.2. The average molecular weight is 377 g/mol. The molecule has 2 aromatic rings. The summed E-state index contributed by atoms with van der Waals surface area (Å²) in [5.74, 6) is 0.221. The Morgan fingerprint density at radius 1 is 1.20 bits per heavy atom. The quantitative estimate of drug-likeness (QED) is 0.811. The van der Waals surface area contributed by atoms with E-state index in [0.717, 1.165) is 23.3 Å². The second-order valence-electron chi connectivity index (χ2n) is 6.36. The van der Waals surface area contributed by atoms with Crippen molar-refractivity contribution in [2.45, 2.75) is 19.4 Å². The molecule has 2 heterocycles. The van der Waals surface area contributed by atoms with E-state index in [-0.39, 0.29) is 17.7 Å². The van der Waals surface area contributed by atoms with Gasteiger partial charge in [0.05, 0.1) is 4.88 Å². The third-order valence-electron chi connectivity index (χ3n) is 4.57. The van der Waals surface area contributed by atoms with Gasteiger partial charge in [-0.3, -0.25) is 9.59 Å². The van der Waals surface area contributed by atoms with Gasteiger partial charge in [-0.1, -0.05) is 29.8 Å². The summed E-state index contributed by atoms with van der Waals surface area (Å²) in [5.41, 5.74) is 1.06. The molecule has 1 aromatic heterocycles. The molecule has 0 atom stereocenters. The molecule has 0 N–H and O–H groups in total. The van der Waals surface area contributed by atoms with Crippen molar-refractivity contribution in [3.8, 4) is 0 Å². The van der Waals surface area contributed by atoms with E-state index in [2.05, 4.69) is 0 Å². The smallest absolute Gasteiger partial charge is 0.263 e. The molecule has 0 saturated carbocycles. The minimum atomic E-state index is -0.00955. The number of halogens is 1. The lowest BCUT2D eigenvalue weighted by Gasteiger charge is -2.33. The van der Waals surface area contributed by atoms with E-state index in [1.165, 1.54) is 11.3 Å². The number of piperidine rings is 1. The number of amides is 2. The van der Waals surface area contributed by atoms with Gasteiger partial charge in [-0.15, -0.1) is 11.3 Å². The Labute approximate surface area is 157 Å². The van der Waals surface area contributed by atoms with Crippen LogP contribution in [0.5, 0.6) is 0 Å². The molecule has 25 heavy (non-hydrogen) atoms. The predicted molar refractivity (Wildman–Crippen MR) is 101 cm³/mol. The predicted octanol–water partition coefficient (Wildman–Crippen LogP) is 3.91. The molecule has 0 spiro atoms. The minimum Gasteiger partial charge on any atom is -0.341 e. The van der Waals surface area contributed by atoms with Gasteiger partial charge < -0.3 is 9.80 Å². The Kier molecular flexibility index (Phi) is 5.76. The molecule has 1 aromatic carbocycles. The lowest BCUT2D eigenvalue weighted by atomic mass is 9.95. The third-order valence-corrected chi connectivity index (χ3v) is 5.68. The van der Waals surface area contributed by atoms with Crippen LogP contribution in [0.25, 0.3) is 0 Å². The summed E-state index contributed by atoms with van der Waals surface area (Å²) in [6, 6.07) is 11.3. The van der Waals surface area contributed by atoms with Crippen molar-refractivity contribution in [3.63, 3.8) is 0 Å². The Morgan fingerprint density at radius 2 is 1.88 bits per heavy atom. The van der Waals surface area contributed by atoms with Crippen LogP contribution in [0.3, 0.4) is 0 Å². The summed E-state index contributed by atoms with van der Waals surface area (Å²) in [7, 11) is 1.83. The first-order valence-corrected chi connectivity index (χ1v) is 9.62. The summed E-state index contributed by atoms with van der Waals surface area (Å²) >= 11 is 7.36. The fraction of sp³-hybridized carbons (Fsp3) is 0.368. The lowest BCUT2D eigenvalue weighted by molar-refractivity contribution is -0.136. The van der Waals surface area contributed by atoms with Crippen LogP contribution in [0, 0.1) is 5.92 Å². The zero-order valence-corrected chi connectivity index (χ0v) is 15.7. The SMILES string of the molecule is CN(Cc1ccc(Cl)cc1)C(=O)C1CCN(C(=O)c2cccs2)CC1. The van der Waals surface area contributed by atoms with E-state index in [1.807, 2.05) is 53.7 Å². The summed E-state index contributed by atoms with van der Waals surface area (Å²) in [4.78, 5) is 29.4. The minimum absolute atomic E-state index is 0.00955. The number of thiophene rings is 1. The van der Waals surface area contributed by atoms with E-state index >= 15 is 0 Å². The van der Waals surface area contributed by atoms with Crippen molar-refractivity contribution >= 4 is 34.8 Å². The maximum absolute atomic E-state index is 12.7. The number of hydrogen-bond donors (Lipinski definition) is 0. The van der Waals surface area contributed by atoms with Crippen LogP contribution in [-0.4, -0.2) is 41.8 Å². The van der Waals surface area contributed by atoms with E-state index in [0.29, 0.717) is 24.7 Å². The molecule has 1 aliphatic heterocycles. The van der Waals surface area contributed by atoms with Crippen molar-refractivity contribution < 1.29 is 9.59 Å². The molecular weight excluding hydrogens is 356 g/mol. The van der Waals surface area contributed by atoms with Crippen LogP contribution >= 0.6 is 22.9 Å². The summed E-state index contributed by atoms with van der Waals surface area (Å²) in [5, 5.41) is 2.61. The fourth-order valence-electron chi connectivity index (χ4n) is 3.14. The molecular formula is C19H21ClN2O2S. The topological polar surface area (TPSA) is 40.6 Å². The highest BCUT2D eigenvalue weighted by Gasteiger charge is 2.29. The Hall–Kier alpha value is -1.85. The highest BCUT2D eigenvalue weighted by molar-refractivity contribution is 7.12. The van der Waals surface area contributed by atoms with Gasteiger partial charge >= 0.3 is 0 Å². The van der Waals surface area contributed by atoms with Crippen molar-refractivity contribution in [1.82, 2.24) is 9.80 Å². The molecule has 0 unspecified atom stereocenters. The molecule has 1 saturated heterocycles. The van der Waals surface area contributed by atoms with Crippen molar-refractivity contribution in [2.24, 2.45) is 5.92 Å². The van der Waals surface area contributed by atoms with Crippen LogP contribution in [-0.2, 0) is 11.3 Å². The van der Waals surface area contributed by atoms with Gasteiger partial charge in [0.1, 0.15) is 0 Å². The van der Waals surface area contributed by atoms with Gasteiger partial charge in [0.15, 0.2) is 0 Å². The van der Waals surface area contributed by atoms with Gasteiger partial charge in [0.2, 0.25) is 5.91 Å². The van der Waals surface area contributed by atoms with Gasteiger partial charge in [-0.05, 0) is 42.0 Å². The number of nitrogens with zero attached hydrogens (tertiary/aromatic N) is 2. The summed E-state index contributed by atoms with van der Waals surface area (Å²) in [6.45, 7) is 1.86. The van der Waals surface area contributed by atoms with Crippen LogP contribution in [0.2, 0.25) is 5.02 Å². The fourth-order valence-corrected chi connectivity index (χ4v) is 3.96. The molecule has 0 aliphatic carbocycles. The number of benzene rings is 1. The second kappa shape index (κ2) is 8.02. The maximum Gasteiger partial charge on any atom is 0.263 e. The van der Waals surface area contributed by atoms with E-state index < -0.39 is 0 Å². The zero-order chi connectivity index (χ0) is 17.8. The second-order valence-corrected chi connectivity index (χ2v) is 7.75. The van der Waals surface area contributed by atoms with E-state index in [4.69, 9.17) is 11.6 Å². The molecule has 2 amide bonds. The molecule has 6 heteroatoms.